The van der Waals surface area contributed by atoms with Gasteiger partial charge in [-0.15, -0.1) is 10.2 Å². The van der Waals surface area contributed by atoms with Crippen LogP contribution in [0.1, 0.15) is 30.2 Å². The van der Waals surface area contributed by atoms with Crippen molar-refractivity contribution >= 4 is 5.91 Å². The molecule has 0 aliphatic carbocycles. The molecule has 1 aromatic carbocycles. The Bertz CT molecular complexity index is 865. The van der Waals surface area contributed by atoms with Crippen LogP contribution in [-0.4, -0.2) is 25.7 Å². The molecule has 0 unspecified atom stereocenters. The molecule has 3 aromatic rings. The summed E-state index contributed by atoms with van der Waals surface area (Å²) in [6, 6.07) is 14.3. The summed E-state index contributed by atoms with van der Waals surface area (Å²) >= 11 is 0. The number of aryl methyl sites for hydroxylation is 2. The Morgan fingerprint density at radius 3 is 2.92 bits per heavy atom. The number of H-pyrrole nitrogens is 1. The monoisotopic (exact) mass is 335 g/mol. The van der Waals surface area contributed by atoms with Crippen LogP contribution < -0.4 is 5.32 Å². The van der Waals surface area contributed by atoms with Gasteiger partial charge in [-0.2, -0.15) is 0 Å². The van der Waals surface area contributed by atoms with E-state index in [1.54, 1.807) is 0 Å². The van der Waals surface area contributed by atoms with Gasteiger partial charge in [0.15, 0.2) is 5.82 Å². The zero-order valence-corrected chi connectivity index (χ0v) is 14.0. The molecule has 0 fully saturated rings. The molecule has 0 bridgehead atoms. The highest BCUT2D eigenvalue weighted by atomic mass is 16.1. The van der Waals surface area contributed by atoms with Crippen LogP contribution in [0.2, 0.25) is 0 Å². The number of rotatable bonds is 6. The SMILES string of the molecule is O=C(CCc1ccc(-c2ccccc2)[nH]1)NCc1nnc2n1CCC2. The summed E-state index contributed by atoms with van der Waals surface area (Å²) < 4.78 is 2.11. The summed E-state index contributed by atoms with van der Waals surface area (Å²) in [5.41, 5.74) is 3.30. The van der Waals surface area contributed by atoms with Gasteiger partial charge in [-0.1, -0.05) is 30.3 Å². The maximum atomic E-state index is 12.1. The van der Waals surface area contributed by atoms with Crippen molar-refractivity contribution < 1.29 is 4.79 Å². The van der Waals surface area contributed by atoms with E-state index >= 15 is 0 Å². The Labute approximate surface area is 146 Å². The molecular weight excluding hydrogens is 314 g/mol. The minimum atomic E-state index is 0.0335. The summed E-state index contributed by atoms with van der Waals surface area (Å²) in [6.07, 6.45) is 3.24. The molecule has 2 aromatic heterocycles. The lowest BCUT2D eigenvalue weighted by atomic mass is 10.2. The molecule has 3 heterocycles. The minimum absolute atomic E-state index is 0.0335. The van der Waals surface area contributed by atoms with Crippen LogP contribution >= 0.6 is 0 Å². The highest BCUT2D eigenvalue weighted by Crippen LogP contribution is 2.18. The molecule has 0 saturated carbocycles. The van der Waals surface area contributed by atoms with Crippen molar-refractivity contribution in [2.24, 2.45) is 0 Å². The summed E-state index contributed by atoms with van der Waals surface area (Å²) in [5.74, 6) is 1.92. The number of aromatic amines is 1. The molecule has 2 N–H and O–H groups in total. The van der Waals surface area contributed by atoms with Gasteiger partial charge in [-0.25, -0.2) is 0 Å². The number of aromatic nitrogens is 4. The smallest absolute Gasteiger partial charge is 0.220 e. The average Bonchev–Trinajstić information content (AvgIpc) is 3.36. The zero-order chi connectivity index (χ0) is 17.1. The van der Waals surface area contributed by atoms with Crippen LogP contribution in [0.25, 0.3) is 11.3 Å². The standard InChI is InChI=1S/C19H21N5O/c25-19(20-13-18-23-22-17-7-4-12-24(17)18)11-9-15-8-10-16(21-15)14-5-2-1-3-6-14/h1-3,5-6,8,10,21H,4,7,9,11-13H2,(H,20,25). The number of hydrogen-bond acceptors (Lipinski definition) is 3. The number of benzene rings is 1. The molecule has 0 saturated heterocycles. The Hall–Kier alpha value is -2.89. The predicted octanol–water partition coefficient (Wildman–Crippen LogP) is 2.47. The van der Waals surface area contributed by atoms with E-state index in [1.807, 2.05) is 24.3 Å². The van der Waals surface area contributed by atoms with Crippen molar-refractivity contribution in [3.8, 4) is 11.3 Å². The molecule has 6 heteroatoms. The van der Waals surface area contributed by atoms with Gasteiger partial charge < -0.3 is 14.9 Å². The van der Waals surface area contributed by atoms with Crippen LogP contribution in [0.15, 0.2) is 42.5 Å². The fraction of sp³-hybridized carbons (Fsp3) is 0.316. The van der Waals surface area contributed by atoms with Crippen molar-refractivity contribution in [1.82, 2.24) is 25.1 Å². The van der Waals surface area contributed by atoms with E-state index in [1.165, 1.54) is 0 Å². The maximum Gasteiger partial charge on any atom is 0.220 e. The molecular formula is C19H21N5O. The van der Waals surface area contributed by atoms with E-state index in [4.69, 9.17) is 0 Å². The third-order valence-corrected chi connectivity index (χ3v) is 4.58. The van der Waals surface area contributed by atoms with Gasteiger partial charge in [-0.05, 0) is 30.5 Å². The van der Waals surface area contributed by atoms with Crippen molar-refractivity contribution in [3.63, 3.8) is 0 Å². The first-order chi connectivity index (χ1) is 12.3. The van der Waals surface area contributed by atoms with Crippen LogP contribution in [0.5, 0.6) is 0 Å². The molecule has 25 heavy (non-hydrogen) atoms. The number of carbonyl (C=O) groups is 1. The fourth-order valence-electron chi connectivity index (χ4n) is 3.23. The normalized spacial score (nSPS) is 13.0. The van der Waals surface area contributed by atoms with Gasteiger partial charge in [0.05, 0.1) is 6.54 Å². The van der Waals surface area contributed by atoms with E-state index in [-0.39, 0.29) is 5.91 Å². The Morgan fingerprint density at radius 2 is 2.04 bits per heavy atom. The highest BCUT2D eigenvalue weighted by molar-refractivity contribution is 5.76. The summed E-state index contributed by atoms with van der Waals surface area (Å²) in [7, 11) is 0. The Morgan fingerprint density at radius 1 is 1.16 bits per heavy atom. The minimum Gasteiger partial charge on any atom is -0.358 e. The van der Waals surface area contributed by atoms with E-state index < -0.39 is 0 Å². The first-order valence-electron chi connectivity index (χ1n) is 8.70. The van der Waals surface area contributed by atoms with Gasteiger partial charge in [-0.3, -0.25) is 4.79 Å². The van der Waals surface area contributed by atoms with E-state index in [9.17, 15) is 4.79 Å². The second kappa shape index (κ2) is 6.93. The van der Waals surface area contributed by atoms with Crippen molar-refractivity contribution in [2.45, 2.75) is 38.8 Å². The van der Waals surface area contributed by atoms with Crippen LogP contribution in [0.4, 0.5) is 0 Å². The molecule has 1 amide bonds. The number of amides is 1. The number of nitrogens with zero attached hydrogens (tertiary/aromatic N) is 3. The topological polar surface area (TPSA) is 75.6 Å². The third-order valence-electron chi connectivity index (χ3n) is 4.58. The number of fused-ring (bicyclic) bond motifs is 1. The number of carbonyl (C=O) groups excluding carboxylic acids is 1. The van der Waals surface area contributed by atoms with Gasteiger partial charge >= 0.3 is 0 Å². The van der Waals surface area contributed by atoms with Crippen molar-refractivity contribution in [1.29, 1.82) is 0 Å². The van der Waals surface area contributed by atoms with Gasteiger partial charge in [0, 0.05) is 30.8 Å². The zero-order valence-electron chi connectivity index (χ0n) is 14.0. The predicted molar refractivity (Wildman–Crippen MR) is 94.7 cm³/mol. The third kappa shape index (κ3) is 3.47. The highest BCUT2D eigenvalue weighted by Gasteiger charge is 2.17. The molecule has 0 spiro atoms. The van der Waals surface area contributed by atoms with Crippen molar-refractivity contribution in [3.05, 3.63) is 59.8 Å². The Kier molecular flexibility index (Phi) is 4.33. The van der Waals surface area contributed by atoms with Gasteiger partial charge in [0.25, 0.3) is 0 Å². The summed E-state index contributed by atoms with van der Waals surface area (Å²) in [6.45, 7) is 1.41. The molecule has 4 rings (SSSR count). The van der Waals surface area contributed by atoms with Crippen molar-refractivity contribution in [2.75, 3.05) is 0 Å². The van der Waals surface area contributed by atoms with Crippen LogP contribution in [-0.2, 0) is 30.7 Å². The first kappa shape index (κ1) is 15.6. The lowest BCUT2D eigenvalue weighted by Gasteiger charge is -2.05. The molecule has 0 atom stereocenters. The quantitative estimate of drug-likeness (QED) is 0.726. The number of hydrogen-bond donors (Lipinski definition) is 2. The largest absolute Gasteiger partial charge is 0.358 e. The van der Waals surface area contributed by atoms with Gasteiger partial charge in [0.1, 0.15) is 5.82 Å². The second-order valence-electron chi connectivity index (χ2n) is 6.33. The lowest BCUT2D eigenvalue weighted by molar-refractivity contribution is -0.121. The van der Waals surface area contributed by atoms with E-state index in [0.717, 1.165) is 48.0 Å². The van der Waals surface area contributed by atoms with E-state index in [2.05, 4.69) is 43.3 Å². The average molecular weight is 335 g/mol. The van der Waals surface area contributed by atoms with E-state index in [0.29, 0.717) is 19.4 Å². The summed E-state index contributed by atoms with van der Waals surface area (Å²) in [4.78, 5) is 15.5. The molecule has 0 radical (unpaired) electrons. The summed E-state index contributed by atoms with van der Waals surface area (Å²) in [5, 5.41) is 11.3. The molecule has 1 aliphatic heterocycles. The Balaban J connectivity index is 1.28. The van der Waals surface area contributed by atoms with Gasteiger partial charge in [0.2, 0.25) is 5.91 Å². The maximum absolute atomic E-state index is 12.1. The lowest BCUT2D eigenvalue weighted by Crippen LogP contribution is -2.24. The fourth-order valence-corrected chi connectivity index (χ4v) is 3.23. The van der Waals surface area contributed by atoms with Crippen LogP contribution in [0, 0.1) is 0 Å². The first-order valence-corrected chi connectivity index (χ1v) is 8.70. The molecule has 6 nitrogen and oxygen atoms in total. The number of nitrogens with one attached hydrogen (secondary N) is 2. The molecule has 1 aliphatic rings. The second-order valence-corrected chi connectivity index (χ2v) is 6.33. The van der Waals surface area contributed by atoms with Crippen LogP contribution in [0.3, 0.4) is 0 Å². The molecule has 128 valence electrons.